The van der Waals surface area contributed by atoms with E-state index < -0.39 is 217 Å². The van der Waals surface area contributed by atoms with Gasteiger partial charge >= 0.3 is 5.97 Å². The van der Waals surface area contributed by atoms with Crippen molar-refractivity contribution in [3.05, 3.63) is 0 Å². The van der Waals surface area contributed by atoms with E-state index in [2.05, 4.69) is 9.47 Å². The Labute approximate surface area is 456 Å². The van der Waals surface area contributed by atoms with Gasteiger partial charge in [0.1, 0.15) is 153 Å². The lowest BCUT2D eigenvalue weighted by Crippen LogP contribution is -2.52. The SMILES string of the molecule is O=CC(O)C(O)C(O)C(O)C(=O)O.O=CC(O)C(O)C(O)C(O)CO.O=CC(O)C(O)C(O)C(O)CO.OC1OC[C@@H](O)[C@@H](O)[C@H]1O.OC1OC[C@@H](O)[C@H](O)[C@H]1O.OCC(O)C(O)C(O)C(O)CO.OCC(O)C(O)C(O)C(O)CO. The zero-order valence-electron chi connectivity index (χ0n) is 42.2. The summed E-state index contributed by atoms with van der Waals surface area (Å²) >= 11 is 0. The van der Waals surface area contributed by atoms with Crippen LogP contribution in [0, 0.1) is 0 Å². The van der Waals surface area contributed by atoms with E-state index in [-0.39, 0.29) is 32.1 Å². The molecule has 2 fully saturated rings. The number of carbonyl (C=O) groups is 4. The molecule has 2 aliphatic rings. The number of hydrogen-bond acceptors (Lipinski definition) is 40. The molecule has 0 radical (unpaired) electrons. The normalized spacial score (nSPS) is 28.0. The highest BCUT2D eigenvalue weighted by Crippen LogP contribution is 2.14. The van der Waals surface area contributed by atoms with Crippen molar-refractivity contribution < 1.29 is 207 Å². The van der Waals surface area contributed by atoms with E-state index in [9.17, 15) is 19.2 Å². The minimum Gasteiger partial charge on any atom is -0.479 e. The van der Waals surface area contributed by atoms with E-state index in [0.717, 1.165) is 0 Å². The standard InChI is InChI=1S/C6H10O7.2C6H14O6.2C6H12O6.2C5H10O5/c7-1-2(8)3(9)4(10)5(11)6(12)13;4*7-1-3(9)5(11)6(12)4(10)2-8;2*6-2-1-10-5(9)4(8)3(2)7/h1-5,8-11H,(H,12,13);2*3-12H,1-2H2;2*1,3-6,8-12H,2H2;2*2-9H,1H2/t;;;;;2-,3+,4-,5?;2-,3-,4-,5?/m.....11/s1. The summed E-state index contributed by atoms with van der Waals surface area (Å²) in [6, 6.07) is 0. The first-order chi connectivity index (χ1) is 37.3. The van der Waals surface area contributed by atoms with Gasteiger partial charge in [-0.05, 0) is 0 Å². The fourth-order valence-electron chi connectivity index (χ4n) is 4.78. The Morgan fingerprint density at radius 2 is 0.519 bits per heavy atom. The molecule has 0 aromatic carbocycles. The van der Waals surface area contributed by atoms with Crippen molar-refractivity contribution in [2.45, 2.75) is 171 Å². The molecule has 0 aromatic rings. The Balaban J connectivity index is -0.000000278. The molecule has 0 aliphatic carbocycles. The molecule has 41 heteroatoms. The van der Waals surface area contributed by atoms with Crippen LogP contribution < -0.4 is 0 Å². The van der Waals surface area contributed by atoms with E-state index in [1.165, 1.54) is 0 Å². The van der Waals surface area contributed by atoms with Gasteiger partial charge in [0.05, 0.1) is 52.9 Å². The number of aliphatic hydroxyl groups is 34. The number of aliphatic hydroxyl groups excluding tert-OH is 34. The van der Waals surface area contributed by atoms with Gasteiger partial charge in [0.2, 0.25) is 0 Å². The number of carboxylic acids is 1. The van der Waals surface area contributed by atoms with Crippen molar-refractivity contribution in [3.63, 3.8) is 0 Å². The summed E-state index contributed by atoms with van der Waals surface area (Å²) in [5.74, 6) is -1.76. The van der Waals surface area contributed by atoms with Crippen molar-refractivity contribution in [1.29, 1.82) is 0 Å². The second-order valence-corrected chi connectivity index (χ2v) is 16.6. The van der Waals surface area contributed by atoms with Crippen molar-refractivity contribution in [1.82, 2.24) is 0 Å². The summed E-state index contributed by atoms with van der Waals surface area (Å²) in [5, 5.41) is 305. The molecule has 0 spiro atoms. The third kappa shape index (κ3) is 33.9. The van der Waals surface area contributed by atoms with Gasteiger partial charge in [-0.25, -0.2) is 4.79 Å². The molecule has 2 rings (SSSR count). The lowest BCUT2D eigenvalue weighted by Gasteiger charge is -2.31. The summed E-state index contributed by atoms with van der Waals surface area (Å²) in [6.07, 6.45) is -45.3. The van der Waals surface area contributed by atoms with Crippen molar-refractivity contribution >= 4 is 24.8 Å². The highest BCUT2D eigenvalue weighted by atomic mass is 16.6. The van der Waals surface area contributed by atoms with Crippen LogP contribution in [0.2, 0.25) is 0 Å². The molecule has 2 heterocycles. The molecule has 488 valence electrons. The first kappa shape index (κ1) is 86.8. The molecule has 81 heavy (non-hydrogen) atoms. The van der Waals surface area contributed by atoms with E-state index >= 15 is 0 Å². The smallest absolute Gasteiger partial charge is 0.335 e. The number of carbonyl (C=O) groups excluding carboxylic acids is 3. The van der Waals surface area contributed by atoms with Crippen molar-refractivity contribution in [2.24, 2.45) is 0 Å². The molecule has 41 nitrogen and oxygen atoms in total. The highest BCUT2D eigenvalue weighted by molar-refractivity contribution is 5.73. The molecule has 0 saturated carbocycles. The van der Waals surface area contributed by atoms with Crippen LogP contribution in [0.4, 0.5) is 0 Å². The Morgan fingerprint density at radius 3 is 0.679 bits per heavy atom. The first-order valence-electron chi connectivity index (χ1n) is 22.9. The quantitative estimate of drug-likeness (QED) is 0.0377. The van der Waals surface area contributed by atoms with Gasteiger partial charge in [0.25, 0.3) is 0 Å². The van der Waals surface area contributed by atoms with Crippen LogP contribution in [0.25, 0.3) is 0 Å². The predicted octanol–water partition coefficient (Wildman–Crippen LogP) is -22.4. The minimum absolute atomic E-state index is 0.0258. The first-order valence-corrected chi connectivity index (χ1v) is 22.9. The lowest BCUT2D eigenvalue weighted by molar-refractivity contribution is -0.252. The number of carboxylic acid groups (broad SMARTS) is 1. The van der Waals surface area contributed by atoms with Gasteiger partial charge in [-0.3, -0.25) is 0 Å². The van der Waals surface area contributed by atoms with E-state index in [1.54, 1.807) is 0 Å². The van der Waals surface area contributed by atoms with Crippen molar-refractivity contribution in [3.8, 4) is 0 Å². The third-order valence-electron chi connectivity index (χ3n) is 10.2. The fraction of sp³-hybridized carbons (Fsp3) is 0.900. The molecule has 0 bridgehead atoms. The Hall–Kier alpha value is -2.96. The Morgan fingerprint density at radius 1 is 0.333 bits per heavy atom. The van der Waals surface area contributed by atoms with Gasteiger partial charge < -0.3 is 203 Å². The maximum atomic E-state index is 10.1. The van der Waals surface area contributed by atoms with Crippen LogP contribution in [0.5, 0.6) is 0 Å². The molecule has 0 amide bonds. The van der Waals surface area contributed by atoms with Gasteiger partial charge in [-0.1, -0.05) is 0 Å². The van der Waals surface area contributed by atoms with Gasteiger partial charge in [0, 0.05) is 0 Å². The zero-order chi connectivity index (χ0) is 64.9. The van der Waals surface area contributed by atoms with E-state index in [4.69, 9.17) is 179 Å². The average Bonchev–Trinajstić information content (AvgIpc) is 3.48. The van der Waals surface area contributed by atoms with Crippen molar-refractivity contribution in [2.75, 3.05) is 52.9 Å². The molecule has 22 unspecified atom stereocenters. The predicted molar refractivity (Wildman–Crippen MR) is 248 cm³/mol. The molecule has 35 N–H and O–H groups in total. The fourth-order valence-corrected chi connectivity index (χ4v) is 4.78. The Bertz CT molecular complexity index is 1400. The van der Waals surface area contributed by atoms with Crippen LogP contribution in [0.3, 0.4) is 0 Å². The topological polar surface area (TPSA) is 795 Å². The number of rotatable bonds is 25. The molecule has 2 saturated heterocycles. The molecular weight excluding hydrogens is 1140 g/mol. The van der Waals surface area contributed by atoms with Crippen LogP contribution in [0.15, 0.2) is 0 Å². The van der Waals surface area contributed by atoms with Crippen LogP contribution in [0.1, 0.15) is 0 Å². The lowest BCUT2D eigenvalue weighted by atomic mass is 10.0. The number of aliphatic carboxylic acids is 1. The Kier molecular flexibility index (Phi) is 50.7. The monoisotopic (exact) mass is 1220 g/mol. The second kappa shape index (κ2) is 47.3. The van der Waals surface area contributed by atoms with E-state index in [1.807, 2.05) is 0 Å². The average molecular weight is 1220 g/mol. The van der Waals surface area contributed by atoms with E-state index in [0.29, 0.717) is 0 Å². The van der Waals surface area contributed by atoms with Crippen LogP contribution in [-0.2, 0) is 28.7 Å². The summed E-state index contributed by atoms with van der Waals surface area (Å²) < 4.78 is 8.94. The molecule has 2 aliphatic heterocycles. The van der Waals surface area contributed by atoms with Gasteiger partial charge in [-0.2, -0.15) is 0 Å². The molecule has 28 atom stereocenters. The maximum absolute atomic E-state index is 10.1. The highest BCUT2D eigenvalue weighted by Gasteiger charge is 2.38. The molecular formula is C40H82O41. The molecule has 0 aromatic heterocycles. The van der Waals surface area contributed by atoms with Crippen LogP contribution in [-0.4, -0.2) is 428 Å². The zero-order valence-corrected chi connectivity index (χ0v) is 42.2. The van der Waals surface area contributed by atoms with Gasteiger partial charge in [-0.15, -0.1) is 0 Å². The second-order valence-electron chi connectivity index (χ2n) is 16.6. The summed E-state index contributed by atoms with van der Waals surface area (Å²) in [7, 11) is 0. The summed E-state index contributed by atoms with van der Waals surface area (Å²) in [6.45, 7) is -4.73. The number of hydrogen-bond donors (Lipinski definition) is 35. The summed E-state index contributed by atoms with van der Waals surface area (Å²) in [5.41, 5.74) is 0. The third-order valence-corrected chi connectivity index (χ3v) is 10.2. The van der Waals surface area contributed by atoms with Gasteiger partial charge in [0.15, 0.2) is 37.5 Å². The largest absolute Gasteiger partial charge is 0.479 e. The number of ether oxygens (including phenoxy) is 2. The maximum Gasteiger partial charge on any atom is 0.335 e. The minimum atomic E-state index is -2.25. The van der Waals surface area contributed by atoms with Crippen LogP contribution >= 0.6 is 0 Å². The summed E-state index contributed by atoms with van der Waals surface area (Å²) in [4.78, 5) is 39.8. The number of aldehydes is 3.